The van der Waals surface area contributed by atoms with Crippen molar-refractivity contribution in [2.24, 2.45) is 0 Å². The lowest BCUT2D eigenvalue weighted by molar-refractivity contribution is -0.137. The fourth-order valence-corrected chi connectivity index (χ4v) is 1.98. The molecule has 0 bridgehead atoms. The molecule has 4 nitrogen and oxygen atoms in total. The Bertz CT molecular complexity index is 354. The minimum atomic E-state index is -0.729. The number of rotatable bonds is 10. The van der Waals surface area contributed by atoms with Gasteiger partial charge in [0, 0.05) is 38.9 Å². The average molecular weight is 265 g/mol. The van der Waals surface area contributed by atoms with Crippen molar-refractivity contribution in [2.75, 3.05) is 31.7 Å². The van der Waals surface area contributed by atoms with Crippen LogP contribution in [0.5, 0.6) is 0 Å². The van der Waals surface area contributed by atoms with Crippen LogP contribution in [-0.2, 0) is 9.53 Å². The first-order valence-corrected chi connectivity index (χ1v) is 6.74. The molecule has 19 heavy (non-hydrogen) atoms. The van der Waals surface area contributed by atoms with Crippen LogP contribution in [0.25, 0.3) is 0 Å². The molecule has 0 unspecified atom stereocenters. The third-order valence-corrected chi connectivity index (χ3v) is 2.97. The Balaban J connectivity index is 2.45. The molecule has 0 aliphatic carbocycles. The lowest BCUT2D eigenvalue weighted by Crippen LogP contribution is -2.26. The van der Waals surface area contributed by atoms with Gasteiger partial charge in [0.1, 0.15) is 0 Å². The second kappa shape index (κ2) is 9.39. The van der Waals surface area contributed by atoms with Crippen molar-refractivity contribution < 1.29 is 14.6 Å². The van der Waals surface area contributed by atoms with Gasteiger partial charge in [0.25, 0.3) is 0 Å². The highest BCUT2D eigenvalue weighted by atomic mass is 16.5. The SMILES string of the molecule is COCCCCN(CCCC(=O)O)c1ccccc1. The number of aliphatic carboxylic acids is 1. The molecule has 0 aromatic heterocycles. The number of anilines is 1. The fourth-order valence-electron chi connectivity index (χ4n) is 1.98. The minimum absolute atomic E-state index is 0.224. The zero-order valence-electron chi connectivity index (χ0n) is 11.5. The summed E-state index contributed by atoms with van der Waals surface area (Å²) in [5, 5.41) is 8.71. The maximum atomic E-state index is 10.6. The number of nitrogens with zero attached hydrogens (tertiary/aromatic N) is 1. The van der Waals surface area contributed by atoms with E-state index in [2.05, 4.69) is 17.0 Å². The molecule has 4 heteroatoms. The quantitative estimate of drug-likeness (QED) is 0.661. The van der Waals surface area contributed by atoms with Gasteiger partial charge in [-0.15, -0.1) is 0 Å². The smallest absolute Gasteiger partial charge is 0.303 e. The van der Waals surface area contributed by atoms with Gasteiger partial charge < -0.3 is 14.7 Å². The number of ether oxygens (including phenoxy) is 1. The lowest BCUT2D eigenvalue weighted by Gasteiger charge is -2.24. The van der Waals surface area contributed by atoms with E-state index in [0.29, 0.717) is 6.42 Å². The Kier molecular flexibility index (Phi) is 7.66. The number of para-hydroxylation sites is 1. The van der Waals surface area contributed by atoms with Crippen molar-refractivity contribution in [3.63, 3.8) is 0 Å². The van der Waals surface area contributed by atoms with E-state index in [-0.39, 0.29) is 6.42 Å². The molecular weight excluding hydrogens is 242 g/mol. The molecule has 0 fully saturated rings. The van der Waals surface area contributed by atoms with Gasteiger partial charge in [0.05, 0.1) is 0 Å². The summed E-state index contributed by atoms with van der Waals surface area (Å²) in [6.07, 6.45) is 2.98. The van der Waals surface area contributed by atoms with Crippen molar-refractivity contribution in [2.45, 2.75) is 25.7 Å². The van der Waals surface area contributed by atoms with E-state index in [4.69, 9.17) is 9.84 Å². The maximum absolute atomic E-state index is 10.6. The monoisotopic (exact) mass is 265 g/mol. The normalized spacial score (nSPS) is 10.4. The summed E-state index contributed by atoms with van der Waals surface area (Å²) in [6.45, 7) is 2.49. The van der Waals surface area contributed by atoms with E-state index >= 15 is 0 Å². The largest absolute Gasteiger partial charge is 0.481 e. The molecule has 0 radical (unpaired) electrons. The molecule has 106 valence electrons. The molecule has 0 amide bonds. The van der Waals surface area contributed by atoms with E-state index in [1.807, 2.05) is 18.2 Å². The van der Waals surface area contributed by atoms with Crippen LogP contribution in [-0.4, -0.2) is 37.9 Å². The van der Waals surface area contributed by atoms with E-state index < -0.39 is 5.97 Å². The minimum Gasteiger partial charge on any atom is -0.481 e. The van der Waals surface area contributed by atoms with Crippen LogP contribution in [0.2, 0.25) is 0 Å². The summed E-state index contributed by atoms with van der Waals surface area (Å²) in [7, 11) is 1.71. The van der Waals surface area contributed by atoms with Crippen LogP contribution in [0.3, 0.4) is 0 Å². The third-order valence-electron chi connectivity index (χ3n) is 2.97. The molecule has 0 aliphatic heterocycles. The second-order valence-electron chi connectivity index (χ2n) is 4.52. The molecule has 1 rings (SSSR count). The van der Waals surface area contributed by atoms with Gasteiger partial charge >= 0.3 is 5.97 Å². The summed E-state index contributed by atoms with van der Waals surface area (Å²) >= 11 is 0. The molecule has 0 atom stereocenters. The second-order valence-corrected chi connectivity index (χ2v) is 4.52. The number of carboxylic acid groups (broad SMARTS) is 1. The van der Waals surface area contributed by atoms with Crippen LogP contribution in [0, 0.1) is 0 Å². The molecule has 0 saturated heterocycles. The van der Waals surface area contributed by atoms with Crippen LogP contribution < -0.4 is 4.90 Å². The van der Waals surface area contributed by atoms with Gasteiger partial charge in [-0.1, -0.05) is 18.2 Å². The predicted octanol–water partition coefficient (Wildman–Crippen LogP) is 2.78. The predicted molar refractivity (Wildman–Crippen MR) is 76.6 cm³/mol. The van der Waals surface area contributed by atoms with Gasteiger partial charge in [-0.25, -0.2) is 0 Å². The van der Waals surface area contributed by atoms with Gasteiger partial charge in [-0.3, -0.25) is 4.79 Å². The number of hydrogen-bond donors (Lipinski definition) is 1. The van der Waals surface area contributed by atoms with Crippen molar-refractivity contribution in [1.29, 1.82) is 0 Å². The van der Waals surface area contributed by atoms with Crippen molar-refractivity contribution in [3.8, 4) is 0 Å². The van der Waals surface area contributed by atoms with E-state index in [1.165, 1.54) is 0 Å². The summed E-state index contributed by atoms with van der Waals surface area (Å²) in [5.41, 5.74) is 1.16. The number of carboxylic acids is 1. The zero-order valence-corrected chi connectivity index (χ0v) is 11.5. The Morgan fingerprint density at radius 1 is 1.16 bits per heavy atom. The molecule has 1 N–H and O–H groups in total. The molecule has 0 spiro atoms. The first-order valence-electron chi connectivity index (χ1n) is 6.74. The van der Waals surface area contributed by atoms with Gasteiger partial charge in [-0.2, -0.15) is 0 Å². The van der Waals surface area contributed by atoms with Crippen LogP contribution in [0.4, 0.5) is 5.69 Å². The molecule has 0 heterocycles. The molecule has 0 saturated carbocycles. The summed E-state index contributed by atoms with van der Waals surface area (Å²) in [5.74, 6) is -0.729. The zero-order chi connectivity index (χ0) is 13.9. The van der Waals surface area contributed by atoms with Gasteiger partial charge in [0.15, 0.2) is 0 Å². The third kappa shape index (κ3) is 6.82. The van der Waals surface area contributed by atoms with E-state index in [0.717, 1.165) is 38.2 Å². The van der Waals surface area contributed by atoms with E-state index in [9.17, 15) is 4.79 Å². The molecule has 1 aromatic rings. The highest BCUT2D eigenvalue weighted by Gasteiger charge is 2.06. The highest BCUT2D eigenvalue weighted by molar-refractivity contribution is 5.66. The fraction of sp³-hybridized carbons (Fsp3) is 0.533. The molecule has 1 aromatic carbocycles. The number of carbonyl (C=O) groups is 1. The van der Waals surface area contributed by atoms with Crippen molar-refractivity contribution >= 4 is 11.7 Å². The first-order chi connectivity index (χ1) is 9.24. The molecular formula is C15H23NO3. The van der Waals surface area contributed by atoms with E-state index in [1.54, 1.807) is 7.11 Å². The molecule has 0 aliphatic rings. The first kappa shape index (κ1) is 15.5. The Hall–Kier alpha value is -1.55. The summed E-state index contributed by atoms with van der Waals surface area (Å²) in [6, 6.07) is 10.1. The van der Waals surface area contributed by atoms with Crippen LogP contribution in [0.1, 0.15) is 25.7 Å². The number of unbranched alkanes of at least 4 members (excludes halogenated alkanes) is 1. The standard InChI is InChI=1S/C15H23NO3/c1-19-13-6-5-11-16(12-7-10-15(17)18)14-8-3-2-4-9-14/h2-4,8-9H,5-7,10-13H2,1H3,(H,17,18). The number of benzene rings is 1. The highest BCUT2D eigenvalue weighted by Crippen LogP contribution is 2.15. The van der Waals surface area contributed by atoms with Crippen LogP contribution in [0.15, 0.2) is 30.3 Å². The lowest BCUT2D eigenvalue weighted by atomic mass is 10.2. The number of methoxy groups -OCH3 is 1. The Morgan fingerprint density at radius 3 is 2.47 bits per heavy atom. The number of hydrogen-bond acceptors (Lipinski definition) is 3. The average Bonchev–Trinajstić information content (AvgIpc) is 2.42. The van der Waals surface area contributed by atoms with Gasteiger partial charge in [0.2, 0.25) is 0 Å². The topological polar surface area (TPSA) is 49.8 Å². The Labute approximate surface area is 115 Å². The summed E-state index contributed by atoms with van der Waals surface area (Å²) in [4.78, 5) is 12.8. The van der Waals surface area contributed by atoms with Crippen LogP contribution >= 0.6 is 0 Å². The maximum Gasteiger partial charge on any atom is 0.303 e. The summed E-state index contributed by atoms with van der Waals surface area (Å²) < 4.78 is 5.05. The van der Waals surface area contributed by atoms with Gasteiger partial charge in [-0.05, 0) is 31.4 Å². The Morgan fingerprint density at radius 2 is 1.84 bits per heavy atom. The van der Waals surface area contributed by atoms with Crippen molar-refractivity contribution in [3.05, 3.63) is 30.3 Å². The van der Waals surface area contributed by atoms with Crippen molar-refractivity contribution in [1.82, 2.24) is 0 Å².